The van der Waals surface area contributed by atoms with Crippen LogP contribution < -0.4 is 0 Å². The summed E-state index contributed by atoms with van der Waals surface area (Å²) in [6.45, 7) is 4.87. The zero-order chi connectivity index (χ0) is 10.9. The van der Waals surface area contributed by atoms with E-state index in [4.69, 9.17) is 16.3 Å². The van der Waals surface area contributed by atoms with Crippen LogP contribution in [0.15, 0.2) is 48.6 Å². The zero-order valence-corrected chi connectivity index (χ0v) is 9.41. The van der Waals surface area contributed by atoms with Crippen LogP contribution in [0.2, 0.25) is 0 Å². The van der Waals surface area contributed by atoms with E-state index in [1.165, 1.54) is 5.56 Å². The first-order chi connectivity index (χ1) is 7.33. The molecule has 0 amide bonds. The first kappa shape index (κ1) is 12.0. The molecule has 0 aromatic heterocycles. The Morgan fingerprint density at radius 1 is 1.33 bits per heavy atom. The average molecular weight is 223 g/mol. The molecule has 0 spiro atoms. The van der Waals surface area contributed by atoms with Gasteiger partial charge in [0.1, 0.15) is 0 Å². The summed E-state index contributed by atoms with van der Waals surface area (Å²) in [6.07, 6.45) is 4.01. The summed E-state index contributed by atoms with van der Waals surface area (Å²) < 4.78 is 5.34. The zero-order valence-electron chi connectivity index (χ0n) is 8.66. The molecule has 0 fully saturated rings. The maximum Gasteiger partial charge on any atom is 0.0690 e. The predicted octanol–water partition coefficient (Wildman–Crippen LogP) is 3.51. The van der Waals surface area contributed by atoms with Crippen molar-refractivity contribution < 1.29 is 4.74 Å². The molecule has 0 bridgehead atoms. The van der Waals surface area contributed by atoms with Crippen LogP contribution in [0.4, 0.5) is 0 Å². The Hall–Kier alpha value is -1.05. The molecular formula is C13H15ClO. The normalized spacial score (nSPS) is 10.7. The fourth-order valence-electron chi connectivity index (χ4n) is 1.06. The molecule has 0 aliphatic rings. The van der Waals surface area contributed by atoms with E-state index in [1.54, 1.807) is 0 Å². The highest BCUT2D eigenvalue weighted by Crippen LogP contribution is 2.01. The van der Waals surface area contributed by atoms with Gasteiger partial charge in [-0.15, -0.1) is 11.6 Å². The number of ether oxygens (including phenoxy) is 1. The van der Waals surface area contributed by atoms with E-state index in [0.29, 0.717) is 19.1 Å². The van der Waals surface area contributed by atoms with Crippen LogP contribution in [0.25, 0.3) is 6.08 Å². The van der Waals surface area contributed by atoms with Crippen LogP contribution in [0.5, 0.6) is 0 Å². The third-order valence-electron chi connectivity index (χ3n) is 1.82. The minimum Gasteiger partial charge on any atom is -0.373 e. The molecule has 1 nitrogen and oxygen atoms in total. The van der Waals surface area contributed by atoms with Crippen LogP contribution in [-0.2, 0) is 4.74 Å². The number of alkyl halides is 1. The summed E-state index contributed by atoms with van der Waals surface area (Å²) >= 11 is 5.56. The highest BCUT2D eigenvalue weighted by molar-refractivity contribution is 6.19. The maximum absolute atomic E-state index is 5.56. The molecule has 1 aromatic carbocycles. The maximum atomic E-state index is 5.56. The molecule has 0 saturated carbocycles. The molecule has 2 heteroatoms. The van der Waals surface area contributed by atoms with Crippen LogP contribution >= 0.6 is 11.6 Å². The van der Waals surface area contributed by atoms with Crippen molar-refractivity contribution in [3.8, 4) is 0 Å². The van der Waals surface area contributed by atoms with Gasteiger partial charge in [-0.25, -0.2) is 0 Å². The highest BCUT2D eigenvalue weighted by Gasteiger charge is 1.89. The molecule has 0 saturated heterocycles. The molecule has 0 unspecified atom stereocenters. The monoisotopic (exact) mass is 222 g/mol. The number of rotatable bonds is 6. The standard InChI is InChI=1S/C13H15ClO/c1-12(10-14)11-15-9-5-8-13-6-3-2-4-7-13/h2-8H,1,9-11H2/b8-5+. The van der Waals surface area contributed by atoms with Crippen molar-refractivity contribution in [2.45, 2.75) is 0 Å². The second-order valence-corrected chi connectivity index (χ2v) is 3.48. The van der Waals surface area contributed by atoms with E-state index in [-0.39, 0.29) is 0 Å². The van der Waals surface area contributed by atoms with Gasteiger partial charge >= 0.3 is 0 Å². The van der Waals surface area contributed by atoms with Crippen LogP contribution in [-0.4, -0.2) is 19.1 Å². The van der Waals surface area contributed by atoms with Gasteiger partial charge in [0.05, 0.1) is 13.2 Å². The van der Waals surface area contributed by atoms with Crippen molar-refractivity contribution in [3.05, 3.63) is 54.1 Å². The molecule has 0 aliphatic carbocycles. The summed E-state index contributed by atoms with van der Waals surface area (Å²) in [7, 11) is 0. The summed E-state index contributed by atoms with van der Waals surface area (Å²) in [5.74, 6) is 0.461. The Morgan fingerprint density at radius 2 is 2.07 bits per heavy atom. The predicted molar refractivity (Wildman–Crippen MR) is 66.2 cm³/mol. The minimum absolute atomic E-state index is 0.461. The van der Waals surface area contributed by atoms with E-state index < -0.39 is 0 Å². The number of hydrogen-bond donors (Lipinski definition) is 0. The lowest BCUT2D eigenvalue weighted by Crippen LogP contribution is -1.97. The van der Waals surface area contributed by atoms with Gasteiger partial charge in [-0.1, -0.05) is 49.1 Å². The second-order valence-electron chi connectivity index (χ2n) is 3.21. The van der Waals surface area contributed by atoms with Crippen LogP contribution in [0.3, 0.4) is 0 Å². The molecule has 0 atom stereocenters. The second kappa shape index (κ2) is 7.27. The van der Waals surface area contributed by atoms with Gasteiger partial charge < -0.3 is 4.74 Å². The van der Waals surface area contributed by atoms with Gasteiger partial charge in [-0.05, 0) is 11.1 Å². The summed E-state index contributed by atoms with van der Waals surface area (Å²) in [6, 6.07) is 10.1. The largest absolute Gasteiger partial charge is 0.373 e. The number of halogens is 1. The van der Waals surface area contributed by atoms with Crippen LogP contribution in [0.1, 0.15) is 5.56 Å². The Bertz CT molecular complexity index is 317. The SMILES string of the molecule is C=C(CCl)COC/C=C/c1ccccc1. The molecular weight excluding hydrogens is 208 g/mol. The summed E-state index contributed by atoms with van der Waals surface area (Å²) in [5, 5.41) is 0. The van der Waals surface area contributed by atoms with Gasteiger partial charge in [0.2, 0.25) is 0 Å². The van der Waals surface area contributed by atoms with Gasteiger partial charge in [0, 0.05) is 5.88 Å². The van der Waals surface area contributed by atoms with Crippen molar-refractivity contribution in [2.75, 3.05) is 19.1 Å². The quantitative estimate of drug-likeness (QED) is 0.407. The molecule has 0 radical (unpaired) electrons. The van der Waals surface area contributed by atoms with Gasteiger partial charge in [0.25, 0.3) is 0 Å². The first-order valence-electron chi connectivity index (χ1n) is 4.85. The molecule has 1 rings (SSSR count). The average Bonchev–Trinajstić information content (AvgIpc) is 2.29. The van der Waals surface area contributed by atoms with E-state index in [2.05, 4.69) is 6.58 Å². The molecule has 15 heavy (non-hydrogen) atoms. The molecule has 80 valence electrons. The van der Waals surface area contributed by atoms with Crippen molar-refractivity contribution in [3.63, 3.8) is 0 Å². The fraction of sp³-hybridized carbons (Fsp3) is 0.231. The molecule has 0 aliphatic heterocycles. The highest BCUT2D eigenvalue weighted by atomic mass is 35.5. The van der Waals surface area contributed by atoms with Crippen molar-refractivity contribution in [2.24, 2.45) is 0 Å². The van der Waals surface area contributed by atoms with E-state index >= 15 is 0 Å². The third kappa shape index (κ3) is 5.40. The molecule has 0 heterocycles. The summed E-state index contributed by atoms with van der Waals surface area (Å²) in [5.41, 5.74) is 2.09. The summed E-state index contributed by atoms with van der Waals surface area (Å²) in [4.78, 5) is 0. The van der Waals surface area contributed by atoms with Gasteiger partial charge in [0.15, 0.2) is 0 Å². The third-order valence-corrected chi connectivity index (χ3v) is 2.20. The van der Waals surface area contributed by atoms with Gasteiger partial charge in [-0.2, -0.15) is 0 Å². The Kier molecular flexibility index (Phi) is 5.83. The number of hydrogen-bond acceptors (Lipinski definition) is 1. The fourth-order valence-corrected chi connectivity index (χ4v) is 1.14. The van der Waals surface area contributed by atoms with E-state index in [9.17, 15) is 0 Å². The Labute approximate surface area is 96.0 Å². The van der Waals surface area contributed by atoms with Crippen molar-refractivity contribution in [1.29, 1.82) is 0 Å². The molecule has 1 aromatic rings. The van der Waals surface area contributed by atoms with Crippen molar-refractivity contribution in [1.82, 2.24) is 0 Å². The lowest BCUT2D eigenvalue weighted by molar-refractivity contribution is 0.188. The van der Waals surface area contributed by atoms with Crippen molar-refractivity contribution >= 4 is 17.7 Å². The van der Waals surface area contributed by atoms with E-state index in [0.717, 1.165) is 5.57 Å². The Balaban J connectivity index is 2.20. The van der Waals surface area contributed by atoms with Crippen LogP contribution in [0, 0.1) is 0 Å². The molecule has 0 N–H and O–H groups in total. The minimum atomic E-state index is 0.461. The smallest absolute Gasteiger partial charge is 0.0690 e. The lowest BCUT2D eigenvalue weighted by atomic mass is 10.2. The van der Waals surface area contributed by atoms with Gasteiger partial charge in [-0.3, -0.25) is 0 Å². The topological polar surface area (TPSA) is 9.23 Å². The lowest BCUT2D eigenvalue weighted by Gasteiger charge is -2.00. The van der Waals surface area contributed by atoms with E-state index in [1.807, 2.05) is 42.5 Å². The number of benzene rings is 1. The first-order valence-corrected chi connectivity index (χ1v) is 5.38. The Morgan fingerprint density at radius 3 is 2.73 bits per heavy atom.